The van der Waals surface area contributed by atoms with E-state index in [4.69, 9.17) is 0 Å². The quantitative estimate of drug-likeness (QED) is 0.412. The fourth-order valence-electron chi connectivity index (χ4n) is 3.60. The molecule has 0 atom stereocenters. The molecule has 2 N–H and O–H groups in total. The Morgan fingerprint density at radius 1 is 1.09 bits per heavy atom. The van der Waals surface area contributed by atoms with Gasteiger partial charge < -0.3 is 15.2 Å². The van der Waals surface area contributed by atoms with Gasteiger partial charge in [0.05, 0.1) is 28.7 Å². The number of aryl methyl sites for hydroxylation is 2. The van der Waals surface area contributed by atoms with Gasteiger partial charge in [0.2, 0.25) is 0 Å². The SMILES string of the molecule is Cc1ccc(NC(=O)c2cccc(C(C)(C)C#N)c2)cc1Nc1ccc2ncn(C)c(=O)c2c1.[HH].[HH]. The molecule has 7 heteroatoms. The number of anilines is 3. The van der Waals surface area contributed by atoms with Gasteiger partial charge in [0, 0.05) is 32.5 Å². The second kappa shape index (κ2) is 8.83. The molecule has 0 aliphatic heterocycles. The number of carbonyl (C=O) groups excluding carboxylic acids is 1. The number of nitrogens with one attached hydrogen (secondary N) is 2. The van der Waals surface area contributed by atoms with E-state index in [9.17, 15) is 14.9 Å². The second-order valence-corrected chi connectivity index (χ2v) is 8.82. The van der Waals surface area contributed by atoms with Crippen LogP contribution in [0.25, 0.3) is 10.9 Å². The van der Waals surface area contributed by atoms with Crippen LogP contribution < -0.4 is 16.2 Å². The third-order valence-corrected chi connectivity index (χ3v) is 5.82. The summed E-state index contributed by atoms with van der Waals surface area (Å²) in [6, 6.07) is 20.4. The van der Waals surface area contributed by atoms with E-state index in [0.717, 1.165) is 22.5 Å². The van der Waals surface area contributed by atoms with Crippen LogP contribution in [0.2, 0.25) is 0 Å². The second-order valence-electron chi connectivity index (χ2n) is 8.82. The predicted molar refractivity (Wildman–Crippen MR) is 139 cm³/mol. The summed E-state index contributed by atoms with van der Waals surface area (Å²) in [4.78, 5) is 29.6. The molecule has 1 amide bonds. The third kappa shape index (κ3) is 4.52. The number of rotatable bonds is 5. The van der Waals surface area contributed by atoms with Crippen LogP contribution >= 0.6 is 0 Å². The van der Waals surface area contributed by atoms with Gasteiger partial charge >= 0.3 is 0 Å². The normalized spacial score (nSPS) is 11.1. The van der Waals surface area contributed by atoms with Gasteiger partial charge in [0.15, 0.2) is 0 Å². The minimum atomic E-state index is -0.687. The highest BCUT2D eigenvalue weighted by Crippen LogP contribution is 2.27. The monoisotopic (exact) mass is 455 g/mol. The first kappa shape index (κ1) is 22.7. The fraction of sp³-hybridized carbons (Fsp3) is 0.185. The largest absolute Gasteiger partial charge is 0.355 e. The molecule has 3 aromatic carbocycles. The molecule has 174 valence electrons. The summed E-state index contributed by atoms with van der Waals surface area (Å²) in [7, 11) is 1.67. The summed E-state index contributed by atoms with van der Waals surface area (Å²) in [6.45, 7) is 5.60. The van der Waals surface area contributed by atoms with Gasteiger partial charge in [-0.05, 0) is 74.4 Å². The number of nitriles is 1. The number of benzene rings is 3. The number of nitrogens with zero attached hydrogens (tertiary/aromatic N) is 3. The van der Waals surface area contributed by atoms with E-state index >= 15 is 0 Å². The molecule has 4 rings (SSSR count). The number of carbonyl (C=O) groups is 1. The lowest BCUT2D eigenvalue weighted by Gasteiger charge is -2.17. The Balaban J connectivity index is 0.00000228. The Hall–Kier alpha value is -4.44. The Morgan fingerprint density at radius 2 is 1.85 bits per heavy atom. The minimum Gasteiger partial charge on any atom is -0.355 e. The van der Waals surface area contributed by atoms with Gasteiger partial charge in [-0.3, -0.25) is 9.59 Å². The van der Waals surface area contributed by atoms with Crippen molar-refractivity contribution in [2.75, 3.05) is 10.6 Å². The van der Waals surface area contributed by atoms with E-state index in [0.29, 0.717) is 22.2 Å². The zero-order chi connectivity index (χ0) is 24.5. The Labute approximate surface area is 200 Å². The maximum Gasteiger partial charge on any atom is 0.260 e. The highest BCUT2D eigenvalue weighted by Gasteiger charge is 2.21. The average Bonchev–Trinajstić information content (AvgIpc) is 2.84. The molecule has 34 heavy (non-hydrogen) atoms. The molecule has 0 bridgehead atoms. The summed E-state index contributed by atoms with van der Waals surface area (Å²) < 4.78 is 1.44. The summed E-state index contributed by atoms with van der Waals surface area (Å²) in [6.07, 6.45) is 1.51. The highest BCUT2D eigenvalue weighted by atomic mass is 16.1. The number of hydrogen-bond acceptors (Lipinski definition) is 5. The molecule has 0 aliphatic carbocycles. The molecule has 1 heterocycles. The molecular weight excluding hydrogens is 426 g/mol. The van der Waals surface area contributed by atoms with Crippen molar-refractivity contribution in [1.82, 2.24) is 9.55 Å². The molecule has 0 radical (unpaired) electrons. The molecule has 0 saturated carbocycles. The van der Waals surface area contributed by atoms with E-state index in [2.05, 4.69) is 21.7 Å². The van der Waals surface area contributed by atoms with Crippen molar-refractivity contribution in [2.24, 2.45) is 7.05 Å². The van der Waals surface area contributed by atoms with Crippen LogP contribution in [-0.2, 0) is 12.5 Å². The number of aromatic nitrogens is 2. The molecule has 0 saturated heterocycles. The van der Waals surface area contributed by atoms with Crippen LogP contribution in [0.4, 0.5) is 17.1 Å². The lowest BCUT2D eigenvalue weighted by Crippen LogP contribution is -2.17. The molecular formula is C27H29N5O2. The van der Waals surface area contributed by atoms with Gasteiger partial charge in [-0.1, -0.05) is 18.2 Å². The van der Waals surface area contributed by atoms with E-state index in [1.807, 2.05) is 51.1 Å². The van der Waals surface area contributed by atoms with Gasteiger partial charge in [0.1, 0.15) is 0 Å². The molecule has 0 spiro atoms. The Morgan fingerprint density at radius 3 is 2.62 bits per heavy atom. The van der Waals surface area contributed by atoms with Gasteiger partial charge in [-0.15, -0.1) is 0 Å². The van der Waals surface area contributed by atoms with Crippen molar-refractivity contribution in [3.8, 4) is 6.07 Å². The van der Waals surface area contributed by atoms with E-state index in [-0.39, 0.29) is 14.3 Å². The Kier molecular flexibility index (Phi) is 5.91. The molecule has 0 aliphatic rings. The zero-order valence-corrected chi connectivity index (χ0v) is 19.5. The highest BCUT2D eigenvalue weighted by molar-refractivity contribution is 6.04. The lowest BCUT2D eigenvalue weighted by molar-refractivity contribution is 0.102. The van der Waals surface area contributed by atoms with Crippen LogP contribution in [0.1, 0.15) is 38.2 Å². The molecule has 0 fully saturated rings. The summed E-state index contributed by atoms with van der Waals surface area (Å²) in [5, 5.41) is 16.2. The summed E-state index contributed by atoms with van der Waals surface area (Å²) >= 11 is 0. The van der Waals surface area contributed by atoms with Crippen LogP contribution in [0.3, 0.4) is 0 Å². The molecule has 7 nitrogen and oxygen atoms in total. The topological polar surface area (TPSA) is 99.8 Å². The number of hydrogen-bond donors (Lipinski definition) is 2. The van der Waals surface area contributed by atoms with Gasteiger partial charge in [0.25, 0.3) is 11.5 Å². The first-order chi connectivity index (χ1) is 16.2. The van der Waals surface area contributed by atoms with Crippen LogP contribution in [0.5, 0.6) is 0 Å². The van der Waals surface area contributed by atoms with Crippen molar-refractivity contribution in [3.63, 3.8) is 0 Å². The van der Waals surface area contributed by atoms with Crippen molar-refractivity contribution >= 4 is 33.9 Å². The minimum absolute atomic E-state index is 0. The van der Waals surface area contributed by atoms with Gasteiger partial charge in [-0.2, -0.15) is 5.26 Å². The van der Waals surface area contributed by atoms with Crippen LogP contribution in [0, 0.1) is 18.3 Å². The van der Waals surface area contributed by atoms with Crippen LogP contribution in [0.15, 0.2) is 71.8 Å². The smallest absolute Gasteiger partial charge is 0.260 e. The van der Waals surface area contributed by atoms with E-state index in [1.165, 1.54) is 10.9 Å². The van der Waals surface area contributed by atoms with Crippen molar-refractivity contribution < 1.29 is 7.65 Å². The average molecular weight is 456 g/mol. The summed E-state index contributed by atoms with van der Waals surface area (Å²) in [5.74, 6) is -0.259. The standard InChI is InChI=1S/C27H25N5O2.2H2/c1-17-8-9-21(31-25(33)18-6-5-7-19(12-18)27(2,3)15-28)14-24(17)30-20-10-11-23-22(13-20)26(34)32(4)16-29-23;;/h5-14,16,30H,1-4H3,(H,31,33);2*1H. The maximum atomic E-state index is 12.9. The maximum absolute atomic E-state index is 12.9. The zero-order valence-electron chi connectivity index (χ0n) is 19.5. The first-order valence-electron chi connectivity index (χ1n) is 10.8. The van der Waals surface area contributed by atoms with Crippen LogP contribution in [-0.4, -0.2) is 15.5 Å². The lowest BCUT2D eigenvalue weighted by atomic mass is 9.85. The van der Waals surface area contributed by atoms with E-state index in [1.54, 1.807) is 37.4 Å². The third-order valence-electron chi connectivity index (χ3n) is 5.82. The predicted octanol–water partition coefficient (Wildman–Crippen LogP) is 5.53. The van der Waals surface area contributed by atoms with Crippen molar-refractivity contribution in [2.45, 2.75) is 26.2 Å². The number of fused-ring (bicyclic) bond motifs is 1. The first-order valence-corrected chi connectivity index (χ1v) is 10.8. The van der Waals surface area contributed by atoms with Crippen molar-refractivity contribution in [1.29, 1.82) is 5.26 Å². The van der Waals surface area contributed by atoms with Crippen molar-refractivity contribution in [3.05, 3.63) is 94.0 Å². The fourth-order valence-corrected chi connectivity index (χ4v) is 3.60. The number of amides is 1. The van der Waals surface area contributed by atoms with Gasteiger partial charge in [-0.25, -0.2) is 4.98 Å². The Bertz CT molecular complexity index is 1520. The summed E-state index contributed by atoms with van der Waals surface area (Å²) in [5.41, 5.74) is 4.25. The van der Waals surface area contributed by atoms with E-state index < -0.39 is 5.41 Å². The molecule has 1 aromatic heterocycles. The molecule has 0 unspecified atom stereocenters. The molecule has 4 aromatic rings.